The van der Waals surface area contributed by atoms with Crippen LogP contribution in [0.3, 0.4) is 0 Å². The Kier molecular flexibility index (Phi) is 4.05. The molecule has 1 amide bonds. The molecule has 1 aromatic carbocycles. The number of rotatable bonds is 3. The van der Waals surface area contributed by atoms with Crippen molar-refractivity contribution in [1.82, 2.24) is 5.32 Å². The minimum absolute atomic E-state index is 0.0120. The second-order valence-electron chi connectivity index (χ2n) is 2.82. The highest BCUT2D eigenvalue weighted by atomic mass is 79.9. The molecule has 4 nitrogen and oxygen atoms in total. The number of nitrogens with two attached hydrogens (primary N) is 1. The van der Waals surface area contributed by atoms with Gasteiger partial charge < -0.3 is 16.2 Å². The number of hydrogen-bond donors (Lipinski definition) is 3. The number of carbonyl (C=O) groups is 1. The van der Waals surface area contributed by atoms with Crippen LogP contribution in [0.5, 0.6) is 5.75 Å². The Balaban J connectivity index is 2.74. The molecule has 0 saturated carbocycles. The van der Waals surface area contributed by atoms with E-state index in [9.17, 15) is 9.90 Å². The molecule has 15 heavy (non-hydrogen) atoms. The average molecular weight is 289 g/mol. The number of carbonyl (C=O) groups excluding carboxylic acids is 1. The maximum absolute atomic E-state index is 11.5. The van der Waals surface area contributed by atoms with E-state index in [1.54, 1.807) is 12.1 Å². The topological polar surface area (TPSA) is 75.3 Å². The van der Waals surface area contributed by atoms with Crippen molar-refractivity contribution in [2.45, 2.75) is 0 Å². The van der Waals surface area contributed by atoms with Gasteiger partial charge in [0.15, 0.2) is 0 Å². The van der Waals surface area contributed by atoms with Crippen molar-refractivity contribution in [2.24, 2.45) is 5.73 Å². The molecule has 80 valence electrons. The number of amides is 1. The van der Waals surface area contributed by atoms with Gasteiger partial charge >= 0.3 is 0 Å². The molecule has 0 atom stereocenters. The number of phenolic OH excluding ortho intramolecular Hbond substituents is 1. The molecule has 0 saturated heterocycles. The summed E-state index contributed by atoms with van der Waals surface area (Å²) in [7, 11) is 0. The summed E-state index contributed by atoms with van der Waals surface area (Å²) in [5, 5.41) is 11.9. The molecule has 0 radical (unpaired) electrons. The van der Waals surface area contributed by atoms with Gasteiger partial charge in [0.05, 0.1) is 16.0 Å². The summed E-state index contributed by atoms with van der Waals surface area (Å²) in [5.74, 6) is -0.316. The van der Waals surface area contributed by atoms with Crippen LogP contribution < -0.4 is 11.1 Å². The molecule has 0 fully saturated rings. The van der Waals surface area contributed by atoms with Crippen LogP contribution >= 0.6 is 28.1 Å². The highest BCUT2D eigenvalue weighted by Gasteiger charge is 2.07. The molecule has 0 unspecified atom stereocenters. The van der Waals surface area contributed by atoms with E-state index in [0.29, 0.717) is 10.0 Å². The third-order valence-corrected chi connectivity index (χ3v) is 2.45. The van der Waals surface area contributed by atoms with E-state index in [1.807, 2.05) is 0 Å². The highest BCUT2D eigenvalue weighted by molar-refractivity contribution is 9.10. The van der Waals surface area contributed by atoms with Gasteiger partial charge in [0, 0.05) is 5.56 Å². The van der Waals surface area contributed by atoms with Gasteiger partial charge in [0.25, 0.3) is 5.91 Å². The zero-order chi connectivity index (χ0) is 11.4. The summed E-state index contributed by atoms with van der Waals surface area (Å²) in [6.45, 7) is 0.144. The lowest BCUT2D eigenvalue weighted by molar-refractivity contribution is 0.0959. The fourth-order valence-electron chi connectivity index (χ4n) is 0.923. The maximum Gasteiger partial charge on any atom is 0.251 e. The first-order valence-corrected chi connectivity index (χ1v) is 5.26. The van der Waals surface area contributed by atoms with Gasteiger partial charge in [-0.15, -0.1) is 0 Å². The van der Waals surface area contributed by atoms with Crippen molar-refractivity contribution in [2.75, 3.05) is 6.54 Å². The first kappa shape index (κ1) is 11.9. The largest absolute Gasteiger partial charge is 0.507 e. The molecule has 0 aliphatic rings. The Labute approximate surface area is 101 Å². The summed E-state index contributed by atoms with van der Waals surface area (Å²) < 4.78 is 0.536. The summed E-state index contributed by atoms with van der Waals surface area (Å²) in [5.41, 5.74) is 5.59. The van der Waals surface area contributed by atoms with E-state index in [1.165, 1.54) is 6.07 Å². The number of thiocarbonyl (C=S) groups is 1. The molecule has 0 bridgehead atoms. The van der Waals surface area contributed by atoms with Crippen molar-refractivity contribution in [3.05, 3.63) is 28.2 Å². The number of phenols is 1. The van der Waals surface area contributed by atoms with Crippen molar-refractivity contribution in [1.29, 1.82) is 0 Å². The van der Waals surface area contributed by atoms with E-state index in [4.69, 9.17) is 5.73 Å². The normalized spacial score (nSPS) is 9.67. The molecule has 0 heterocycles. The Morgan fingerprint density at radius 2 is 2.27 bits per heavy atom. The number of hydrogen-bond acceptors (Lipinski definition) is 3. The molecule has 0 aromatic heterocycles. The lowest BCUT2D eigenvalue weighted by Crippen LogP contribution is -2.32. The Bertz CT molecular complexity index is 409. The second kappa shape index (κ2) is 5.09. The van der Waals surface area contributed by atoms with Crippen molar-refractivity contribution < 1.29 is 9.90 Å². The molecule has 0 aliphatic heterocycles. The van der Waals surface area contributed by atoms with E-state index in [2.05, 4.69) is 33.5 Å². The van der Waals surface area contributed by atoms with Crippen LogP contribution in [-0.2, 0) is 0 Å². The zero-order valence-corrected chi connectivity index (χ0v) is 10.1. The minimum Gasteiger partial charge on any atom is -0.507 e. The maximum atomic E-state index is 11.5. The quantitative estimate of drug-likeness (QED) is 0.730. The smallest absolute Gasteiger partial charge is 0.251 e. The van der Waals surface area contributed by atoms with Crippen molar-refractivity contribution in [3.63, 3.8) is 0 Å². The lowest BCUT2D eigenvalue weighted by atomic mass is 10.2. The van der Waals surface area contributed by atoms with Gasteiger partial charge in [0.1, 0.15) is 5.75 Å². The molecule has 1 aromatic rings. The number of halogens is 1. The third-order valence-electron chi connectivity index (χ3n) is 1.63. The number of nitrogens with one attached hydrogen (secondary N) is 1. The zero-order valence-electron chi connectivity index (χ0n) is 7.66. The number of benzene rings is 1. The van der Waals surface area contributed by atoms with Gasteiger partial charge in [0.2, 0.25) is 0 Å². The van der Waals surface area contributed by atoms with Crippen LogP contribution in [0.1, 0.15) is 10.4 Å². The highest BCUT2D eigenvalue weighted by Crippen LogP contribution is 2.24. The third kappa shape index (κ3) is 3.49. The molecule has 6 heteroatoms. The van der Waals surface area contributed by atoms with Gasteiger partial charge in [-0.1, -0.05) is 12.2 Å². The standard InChI is InChI=1S/C9H9BrN2O2S/c10-6-2-1-5(3-7(6)13)9(14)12-4-8(11)15/h1-3,13H,4H2,(H2,11,15)(H,12,14). The Hall–Kier alpha value is -1.14. The monoisotopic (exact) mass is 288 g/mol. The molecule has 0 spiro atoms. The Morgan fingerprint density at radius 1 is 1.60 bits per heavy atom. The van der Waals surface area contributed by atoms with Crippen LogP contribution in [0.2, 0.25) is 0 Å². The van der Waals surface area contributed by atoms with Gasteiger partial charge in [-0.05, 0) is 34.1 Å². The summed E-state index contributed by atoms with van der Waals surface area (Å²) >= 11 is 7.73. The van der Waals surface area contributed by atoms with Crippen molar-refractivity contribution in [3.8, 4) is 5.75 Å². The van der Waals surface area contributed by atoms with E-state index < -0.39 is 0 Å². The van der Waals surface area contributed by atoms with Gasteiger partial charge in [-0.25, -0.2) is 0 Å². The van der Waals surface area contributed by atoms with Gasteiger partial charge in [-0.2, -0.15) is 0 Å². The lowest BCUT2D eigenvalue weighted by Gasteiger charge is -2.04. The molecule has 4 N–H and O–H groups in total. The van der Waals surface area contributed by atoms with E-state index >= 15 is 0 Å². The number of aromatic hydroxyl groups is 1. The van der Waals surface area contributed by atoms with E-state index in [0.717, 1.165) is 0 Å². The van der Waals surface area contributed by atoms with Crippen LogP contribution in [0.4, 0.5) is 0 Å². The predicted octanol–water partition coefficient (Wildman–Crippen LogP) is 1.17. The molecular weight excluding hydrogens is 280 g/mol. The first-order valence-electron chi connectivity index (χ1n) is 4.05. The van der Waals surface area contributed by atoms with Crippen LogP contribution in [0, 0.1) is 0 Å². The Morgan fingerprint density at radius 3 is 2.80 bits per heavy atom. The van der Waals surface area contributed by atoms with Crippen molar-refractivity contribution >= 4 is 39.0 Å². The van der Waals surface area contributed by atoms with Crippen LogP contribution in [-0.4, -0.2) is 22.5 Å². The minimum atomic E-state index is -0.328. The predicted molar refractivity (Wildman–Crippen MR) is 64.9 cm³/mol. The SMILES string of the molecule is NC(=S)CNC(=O)c1ccc(Br)c(O)c1. The first-order chi connectivity index (χ1) is 7.00. The van der Waals surface area contributed by atoms with E-state index in [-0.39, 0.29) is 23.2 Å². The average Bonchev–Trinajstić information content (AvgIpc) is 2.18. The van der Waals surface area contributed by atoms with Crippen LogP contribution in [0.15, 0.2) is 22.7 Å². The summed E-state index contributed by atoms with van der Waals surface area (Å²) in [6.07, 6.45) is 0. The second-order valence-corrected chi connectivity index (χ2v) is 4.19. The summed E-state index contributed by atoms with van der Waals surface area (Å²) in [4.78, 5) is 11.7. The molecule has 0 aliphatic carbocycles. The fourth-order valence-corrected chi connectivity index (χ4v) is 1.24. The summed E-state index contributed by atoms with van der Waals surface area (Å²) in [6, 6.07) is 4.53. The fraction of sp³-hybridized carbons (Fsp3) is 0.111. The van der Waals surface area contributed by atoms with Gasteiger partial charge in [-0.3, -0.25) is 4.79 Å². The molecule has 1 rings (SSSR count). The van der Waals surface area contributed by atoms with Crippen LogP contribution in [0.25, 0.3) is 0 Å². The molecular formula is C9H9BrN2O2S.